The van der Waals surface area contributed by atoms with Crippen LogP contribution in [-0.4, -0.2) is 94.1 Å². The summed E-state index contributed by atoms with van der Waals surface area (Å²) in [4.78, 5) is 77.7. The van der Waals surface area contributed by atoms with E-state index in [1.807, 2.05) is 76.2 Å². The van der Waals surface area contributed by atoms with Crippen LogP contribution in [0.1, 0.15) is 111 Å². The summed E-state index contributed by atoms with van der Waals surface area (Å²) < 4.78 is 44.7. The Morgan fingerprint density at radius 2 is 1.61 bits per heavy atom. The number of alkyl halides is 3. The number of aryl methyl sites for hydroxylation is 1. The number of carbonyl (C=O) groups is 5. The standard InChI is InChI=1S/C52H64F3N7O7S/c1-32-46(70-31-60-32)37-17-13-34(14-18-37)27-59-49(67)42-26-40(63)30-62(42)50(68)47(51(2,3)4)61-44(64)11-6-7-22-56-45(65)24-35-9-8-10-36(23-35)28-58-48(66)41-25-38(43(69-5)29-57-41)19-12-33-15-20-39(21-16-33)52(53,54)55/h8-10,12-14,17-19,23,25,29,31,33,39-40,42,47,63H,6-7,11,15-16,20-22,24,26-28,30H2,1-5H3,(H,56,65)(H,58,66)(H,59,67)(H,61,64)/b19-12+/t33?,39?,40-,42+,47?/m1/s1. The number of rotatable bonds is 19. The van der Waals surface area contributed by atoms with Crippen molar-refractivity contribution in [1.29, 1.82) is 0 Å². The van der Waals surface area contributed by atoms with Crippen molar-refractivity contribution < 1.29 is 47.0 Å². The highest BCUT2D eigenvalue weighted by Crippen LogP contribution is 2.40. The lowest BCUT2D eigenvalue weighted by Crippen LogP contribution is -2.57. The number of pyridine rings is 1. The zero-order chi connectivity index (χ0) is 50.6. The van der Waals surface area contributed by atoms with Gasteiger partial charge in [-0.25, -0.2) is 9.97 Å². The number of methoxy groups -OCH3 is 1. The van der Waals surface area contributed by atoms with Gasteiger partial charge >= 0.3 is 6.18 Å². The minimum Gasteiger partial charge on any atom is -0.495 e. The summed E-state index contributed by atoms with van der Waals surface area (Å²) in [5.41, 5.74) is 6.19. The molecule has 0 radical (unpaired) electrons. The first-order valence-electron chi connectivity index (χ1n) is 23.8. The van der Waals surface area contributed by atoms with E-state index in [1.54, 1.807) is 35.1 Å². The number of nitrogens with zero attached hydrogens (tertiary/aromatic N) is 3. The normalized spacial score (nSPS) is 18.8. The zero-order valence-corrected chi connectivity index (χ0v) is 41.2. The Balaban J connectivity index is 0.911. The first kappa shape index (κ1) is 53.2. The lowest BCUT2D eigenvalue weighted by molar-refractivity contribution is -0.183. The monoisotopic (exact) mass is 987 g/mol. The van der Waals surface area contributed by atoms with Crippen molar-refractivity contribution in [2.24, 2.45) is 17.3 Å². The van der Waals surface area contributed by atoms with Crippen molar-refractivity contribution in [3.63, 3.8) is 0 Å². The summed E-state index contributed by atoms with van der Waals surface area (Å²) in [6.07, 6.45) is 2.29. The van der Waals surface area contributed by atoms with Crippen molar-refractivity contribution in [2.45, 2.75) is 123 Å². The lowest BCUT2D eigenvalue weighted by atomic mass is 9.81. The van der Waals surface area contributed by atoms with Crippen LogP contribution in [0.3, 0.4) is 0 Å². The van der Waals surface area contributed by atoms with Gasteiger partial charge < -0.3 is 36.0 Å². The molecule has 5 N–H and O–H groups in total. The molecule has 14 nitrogen and oxygen atoms in total. The highest BCUT2D eigenvalue weighted by atomic mass is 32.1. The fraction of sp³-hybridized carbons (Fsp3) is 0.481. The molecule has 5 amide bonds. The number of aromatic nitrogens is 2. The van der Waals surface area contributed by atoms with Crippen LogP contribution in [0.4, 0.5) is 13.2 Å². The number of amides is 5. The van der Waals surface area contributed by atoms with Gasteiger partial charge in [-0.05, 0) is 85.1 Å². The largest absolute Gasteiger partial charge is 0.495 e. The number of halogens is 3. The van der Waals surface area contributed by atoms with Crippen molar-refractivity contribution in [3.05, 3.63) is 106 Å². The van der Waals surface area contributed by atoms with E-state index in [9.17, 15) is 42.3 Å². The highest BCUT2D eigenvalue weighted by molar-refractivity contribution is 7.13. The number of carbonyl (C=O) groups excluding carboxylic acids is 5. The van der Waals surface area contributed by atoms with Gasteiger partial charge in [0.1, 0.15) is 23.5 Å². The second-order valence-corrected chi connectivity index (χ2v) is 20.1. The van der Waals surface area contributed by atoms with E-state index in [0.717, 1.165) is 32.8 Å². The van der Waals surface area contributed by atoms with Crippen LogP contribution >= 0.6 is 11.3 Å². The topological polar surface area (TPSA) is 192 Å². The molecular formula is C52H64F3N7O7S. The maximum atomic E-state index is 14.0. The summed E-state index contributed by atoms with van der Waals surface area (Å²) >= 11 is 1.56. The van der Waals surface area contributed by atoms with Gasteiger partial charge in [-0.15, -0.1) is 11.3 Å². The van der Waals surface area contributed by atoms with Crippen LogP contribution in [0.15, 0.2) is 72.4 Å². The summed E-state index contributed by atoms with van der Waals surface area (Å²) in [5.74, 6) is -2.66. The van der Waals surface area contributed by atoms with Crippen LogP contribution < -0.4 is 26.0 Å². The molecule has 376 valence electrons. The number of hydrogen-bond donors (Lipinski definition) is 5. The van der Waals surface area contributed by atoms with Crippen LogP contribution in [0, 0.1) is 24.2 Å². The molecule has 18 heteroatoms. The molecule has 2 aromatic carbocycles. The maximum Gasteiger partial charge on any atom is 0.391 e. The Morgan fingerprint density at radius 3 is 2.29 bits per heavy atom. The molecule has 1 unspecified atom stereocenters. The van der Waals surface area contributed by atoms with Gasteiger partial charge in [0, 0.05) is 44.6 Å². The van der Waals surface area contributed by atoms with E-state index >= 15 is 0 Å². The first-order valence-corrected chi connectivity index (χ1v) is 24.6. The Kier molecular flexibility index (Phi) is 18.3. The molecule has 4 aromatic rings. The van der Waals surface area contributed by atoms with Crippen molar-refractivity contribution in [1.82, 2.24) is 36.1 Å². The molecule has 0 bridgehead atoms. The fourth-order valence-corrected chi connectivity index (χ4v) is 9.60. The van der Waals surface area contributed by atoms with Crippen LogP contribution in [-0.2, 0) is 38.7 Å². The number of aliphatic hydroxyl groups excluding tert-OH is 1. The maximum absolute atomic E-state index is 14.0. The van der Waals surface area contributed by atoms with Gasteiger partial charge in [-0.2, -0.15) is 13.2 Å². The Labute approximate surface area is 411 Å². The molecule has 0 spiro atoms. The van der Waals surface area contributed by atoms with Crippen molar-refractivity contribution in [3.8, 4) is 16.2 Å². The minimum atomic E-state index is -4.17. The first-order chi connectivity index (χ1) is 33.3. The predicted molar refractivity (Wildman–Crippen MR) is 261 cm³/mol. The number of allylic oxidation sites excluding steroid dienone is 1. The lowest BCUT2D eigenvalue weighted by Gasteiger charge is -2.35. The number of unbranched alkanes of at least 4 members (excludes halogenated alkanes) is 1. The number of ether oxygens (including phenoxy) is 1. The third kappa shape index (κ3) is 14.9. The molecule has 1 saturated carbocycles. The molecule has 3 heterocycles. The van der Waals surface area contributed by atoms with Gasteiger partial charge in [0.25, 0.3) is 5.91 Å². The van der Waals surface area contributed by atoms with E-state index in [0.29, 0.717) is 43.5 Å². The number of benzene rings is 2. The van der Waals surface area contributed by atoms with Gasteiger partial charge in [-0.1, -0.05) is 81.5 Å². The molecular weight excluding hydrogens is 924 g/mol. The summed E-state index contributed by atoms with van der Waals surface area (Å²) in [7, 11) is 1.48. The van der Waals surface area contributed by atoms with Crippen molar-refractivity contribution >= 4 is 46.9 Å². The highest BCUT2D eigenvalue weighted by Gasteiger charge is 2.44. The van der Waals surface area contributed by atoms with E-state index in [4.69, 9.17) is 4.74 Å². The molecule has 2 fully saturated rings. The van der Waals surface area contributed by atoms with Gasteiger partial charge in [0.05, 0.1) is 47.8 Å². The molecule has 2 aromatic heterocycles. The average molecular weight is 988 g/mol. The van der Waals surface area contributed by atoms with E-state index in [1.165, 1.54) is 18.2 Å². The third-order valence-electron chi connectivity index (χ3n) is 12.8. The van der Waals surface area contributed by atoms with Crippen LogP contribution in [0.2, 0.25) is 0 Å². The molecule has 6 rings (SSSR count). The quantitative estimate of drug-likeness (QED) is 0.0593. The second-order valence-electron chi connectivity index (χ2n) is 19.3. The van der Waals surface area contributed by atoms with E-state index in [2.05, 4.69) is 31.2 Å². The summed E-state index contributed by atoms with van der Waals surface area (Å²) in [5, 5.41) is 22.1. The van der Waals surface area contributed by atoms with E-state index in [-0.39, 0.29) is 81.1 Å². The number of likely N-dealkylation sites (tertiary alicyclic amines) is 1. The average Bonchev–Trinajstić information content (AvgIpc) is 3.95. The van der Waals surface area contributed by atoms with Gasteiger partial charge in [-0.3, -0.25) is 24.0 Å². The van der Waals surface area contributed by atoms with E-state index < -0.39 is 47.5 Å². The number of nitrogens with one attached hydrogen (secondary N) is 4. The molecule has 1 saturated heterocycles. The second kappa shape index (κ2) is 24.1. The third-order valence-corrected chi connectivity index (χ3v) is 13.8. The smallest absolute Gasteiger partial charge is 0.391 e. The Hall–Kier alpha value is -6.14. The molecule has 70 heavy (non-hydrogen) atoms. The Morgan fingerprint density at radius 1 is 0.900 bits per heavy atom. The summed E-state index contributed by atoms with van der Waals surface area (Å²) in [6, 6.07) is 14.8. The molecule has 3 atom stereocenters. The molecule has 1 aliphatic heterocycles. The van der Waals surface area contributed by atoms with Crippen LogP contribution in [0.5, 0.6) is 5.75 Å². The Bertz CT molecular complexity index is 2480. The SMILES string of the molecule is COc1cnc(C(=O)NCc2cccc(CC(=O)NCCCCC(=O)NC(C(=O)N3C[C@H](O)C[C@H]3C(=O)NCc3ccc(-c4scnc4C)cc3)C(C)(C)C)c2)cc1/C=C/C1CCC(C(F)(F)F)CC1. The number of thiazole rings is 1. The number of aliphatic hydroxyl groups is 1. The van der Waals surface area contributed by atoms with Gasteiger partial charge in [0.2, 0.25) is 23.6 Å². The van der Waals surface area contributed by atoms with Gasteiger partial charge in [0.15, 0.2) is 0 Å². The number of hydrogen-bond acceptors (Lipinski definition) is 10. The molecule has 2 aliphatic rings. The summed E-state index contributed by atoms with van der Waals surface area (Å²) in [6.45, 7) is 8.14. The number of β-amino-alcohol motifs (C(OH)–C–C–N with tert-alkyl or cyclic N) is 1. The molecule has 1 aliphatic carbocycles. The van der Waals surface area contributed by atoms with Crippen LogP contribution in [0.25, 0.3) is 16.5 Å². The van der Waals surface area contributed by atoms with Crippen molar-refractivity contribution in [2.75, 3.05) is 20.2 Å². The fourth-order valence-electron chi connectivity index (χ4n) is 8.78. The zero-order valence-electron chi connectivity index (χ0n) is 40.4. The predicted octanol–water partition coefficient (Wildman–Crippen LogP) is 7.47. The minimum absolute atomic E-state index is 0.00788.